The zero-order valence-corrected chi connectivity index (χ0v) is 14.1. The Morgan fingerprint density at radius 2 is 2.33 bits per heavy atom. The topological polar surface area (TPSA) is 76.6 Å². The van der Waals surface area contributed by atoms with Gasteiger partial charge in [-0.15, -0.1) is 0 Å². The van der Waals surface area contributed by atoms with Crippen molar-refractivity contribution < 1.29 is 17.9 Å². The van der Waals surface area contributed by atoms with Crippen molar-refractivity contribution in [2.24, 2.45) is 0 Å². The molecule has 1 saturated heterocycles. The standard InChI is InChI=1S/C13H17BrN2O4S/c1-20-6-5-16(11-3-7-21(18,19)9-11)13(17)10-2-4-15-12(14)8-10/h2,4,8,11H,3,5-7,9H2,1H3. The van der Waals surface area contributed by atoms with Crippen LogP contribution in [-0.4, -0.2) is 62.0 Å². The third-order valence-corrected chi connectivity index (χ3v) is 5.60. The van der Waals surface area contributed by atoms with Crippen LogP contribution in [0.2, 0.25) is 0 Å². The third kappa shape index (κ3) is 4.24. The molecule has 2 heterocycles. The van der Waals surface area contributed by atoms with E-state index in [0.29, 0.717) is 29.7 Å². The number of hydrogen-bond donors (Lipinski definition) is 0. The Kier molecular flexibility index (Phi) is 5.34. The van der Waals surface area contributed by atoms with E-state index < -0.39 is 9.84 Å². The minimum atomic E-state index is -3.05. The second kappa shape index (κ2) is 6.85. The summed E-state index contributed by atoms with van der Waals surface area (Å²) in [5, 5.41) is 0. The first kappa shape index (κ1) is 16.4. The molecule has 1 unspecified atom stereocenters. The summed E-state index contributed by atoms with van der Waals surface area (Å²) < 4.78 is 28.9. The summed E-state index contributed by atoms with van der Waals surface area (Å²) in [7, 11) is -1.49. The van der Waals surface area contributed by atoms with E-state index in [1.165, 1.54) is 6.20 Å². The summed E-state index contributed by atoms with van der Waals surface area (Å²) in [5.74, 6) is -0.0411. The van der Waals surface area contributed by atoms with Crippen molar-refractivity contribution in [1.82, 2.24) is 9.88 Å². The van der Waals surface area contributed by atoms with Gasteiger partial charge in [-0.25, -0.2) is 13.4 Å². The SMILES string of the molecule is COCCN(C(=O)c1ccnc(Br)c1)C1CCS(=O)(=O)C1. The zero-order chi connectivity index (χ0) is 15.5. The highest BCUT2D eigenvalue weighted by Crippen LogP contribution is 2.20. The molecular weight excluding hydrogens is 360 g/mol. The molecule has 0 spiro atoms. The molecule has 8 heteroatoms. The van der Waals surface area contributed by atoms with Gasteiger partial charge in [0.15, 0.2) is 9.84 Å². The Morgan fingerprint density at radius 3 is 2.90 bits per heavy atom. The maximum Gasteiger partial charge on any atom is 0.254 e. The largest absolute Gasteiger partial charge is 0.383 e. The van der Waals surface area contributed by atoms with Gasteiger partial charge in [0, 0.05) is 31.5 Å². The van der Waals surface area contributed by atoms with Gasteiger partial charge >= 0.3 is 0 Å². The minimum absolute atomic E-state index is 0.0225. The summed E-state index contributed by atoms with van der Waals surface area (Å²) in [6, 6.07) is 2.96. The Morgan fingerprint density at radius 1 is 1.57 bits per heavy atom. The lowest BCUT2D eigenvalue weighted by molar-refractivity contribution is 0.0624. The molecule has 0 bridgehead atoms. The number of pyridine rings is 1. The smallest absolute Gasteiger partial charge is 0.254 e. The van der Waals surface area contributed by atoms with E-state index >= 15 is 0 Å². The number of halogens is 1. The zero-order valence-electron chi connectivity index (χ0n) is 11.7. The number of carbonyl (C=O) groups excluding carboxylic acids is 1. The second-order valence-corrected chi connectivity index (χ2v) is 7.96. The average Bonchev–Trinajstić information content (AvgIpc) is 2.79. The molecule has 0 N–H and O–H groups in total. The van der Waals surface area contributed by atoms with Crippen LogP contribution in [0.4, 0.5) is 0 Å². The van der Waals surface area contributed by atoms with Crippen LogP contribution in [0.15, 0.2) is 22.9 Å². The molecule has 1 atom stereocenters. The summed E-state index contributed by atoms with van der Waals surface area (Å²) in [6.45, 7) is 0.740. The van der Waals surface area contributed by atoms with Gasteiger partial charge in [-0.3, -0.25) is 4.79 Å². The molecule has 1 fully saturated rings. The lowest BCUT2D eigenvalue weighted by Crippen LogP contribution is -2.43. The molecule has 1 aliphatic rings. The van der Waals surface area contributed by atoms with Crippen molar-refractivity contribution in [3.8, 4) is 0 Å². The predicted molar refractivity (Wildman–Crippen MR) is 81.9 cm³/mol. The number of hydrogen-bond acceptors (Lipinski definition) is 5. The number of methoxy groups -OCH3 is 1. The van der Waals surface area contributed by atoms with E-state index in [0.717, 1.165) is 0 Å². The molecule has 6 nitrogen and oxygen atoms in total. The first-order valence-electron chi connectivity index (χ1n) is 6.55. The molecule has 1 amide bonds. The monoisotopic (exact) mass is 376 g/mol. The van der Waals surface area contributed by atoms with Gasteiger partial charge < -0.3 is 9.64 Å². The van der Waals surface area contributed by atoms with Gasteiger partial charge in [0.1, 0.15) is 4.60 Å². The Hall–Kier alpha value is -0.990. The lowest BCUT2D eigenvalue weighted by Gasteiger charge is -2.28. The first-order chi connectivity index (χ1) is 9.93. The van der Waals surface area contributed by atoms with Gasteiger partial charge in [0.25, 0.3) is 5.91 Å². The van der Waals surface area contributed by atoms with Crippen LogP contribution in [0.1, 0.15) is 16.8 Å². The Labute approximate surface area is 132 Å². The highest BCUT2D eigenvalue weighted by atomic mass is 79.9. The van der Waals surface area contributed by atoms with E-state index in [1.807, 2.05) is 0 Å². The number of ether oxygens (including phenoxy) is 1. The van der Waals surface area contributed by atoms with Crippen molar-refractivity contribution >= 4 is 31.7 Å². The van der Waals surface area contributed by atoms with Crippen LogP contribution in [-0.2, 0) is 14.6 Å². The van der Waals surface area contributed by atoms with E-state index in [2.05, 4.69) is 20.9 Å². The highest BCUT2D eigenvalue weighted by molar-refractivity contribution is 9.10. The molecule has 0 radical (unpaired) electrons. The number of aromatic nitrogens is 1. The van der Waals surface area contributed by atoms with Gasteiger partial charge in [-0.2, -0.15) is 0 Å². The minimum Gasteiger partial charge on any atom is -0.383 e. The van der Waals surface area contributed by atoms with Gasteiger partial charge in [0.2, 0.25) is 0 Å². The van der Waals surface area contributed by atoms with Crippen LogP contribution in [0.5, 0.6) is 0 Å². The van der Waals surface area contributed by atoms with Crippen LogP contribution >= 0.6 is 15.9 Å². The van der Waals surface area contributed by atoms with Crippen molar-refractivity contribution in [3.63, 3.8) is 0 Å². The number of nitrogens with zero attached hydrogens (tertiary/aromatic N) is 2. The number of rotatable bonds is 5. The molecule has 2 rings (SSSR count). The van der Waals surface area contributed by atoms with Crippen molar-refractivity contribution in [2.75, 3.05) is 31.8 Å². The fourth-order valence-electron chi connectivity index (χ4n) is 2.36. The molecule has 0 aliphatic carbocycles. The molecule has 0 saturated carbocycles. The summed E-state index contributed by atoms with van der Waals surface area (Å²) in [5.41, 5.74) is 0.484. The van der Waals surface area contributed by atoms with Crippen molar-refractivity contribution in [1.29, 1.82) is 0 Å². The van der Waals surface area contributed by atoms with Crippen molar-refractivity contribution in [3.05, 3.63) is 28.5 Å². The molecule has 1 aromatic rings. The van der Waals surface area contributed by atoms with E-state index in [4.69, 9.17) is 4.74 Å². The van der Waals surface area contributed by atoms with Crippen LogP contribution in [0, 0.1) is 0 Å². The Balaban J connectivity index is 2.21. The fourth-order valence-corrected chi connectivity index (χ4v) is 4.46. The first-order valence-corrected chi connectivity index (χ1v) is 9.16. The fraction of sp³-hybridized carbons (Fsp3) is 0.538. The molecule has 116 valence electrons. The average molecular weight is 377 g/mol. The van der Waals surface area contributed by atoms with E-state index in [-0.39, 0.29) is 23.5 Å². The van der Waals surface area contributed by atoms with Crippen molar-refractivity contribution in [2.45, 2.75) is 12.5 Å². The second-order valence-electron chi connectivity index (χ2n) is 4.92. The molecular formula is C13H17BrN2O4S. The summed E-state index contributed by atoms with van der Waals surface area (Å²) in [6.07, 6.45) is 2.02. The molecule has 21 heavy (non-hydrogen) atoms. The highest BCUT2D eigenvalue weighted by Gasteiger charge is 2.34. The van der Waals surface area contributed by atoms with E-state index in [9.17, 15) is 13.2 Å². The van der Waals surface area contributed by atoms with Crippen LogP contribution < -0.4 is 0 Å². The van der Waals surface area contributed by atoms with Crippen LogP contribution in [0.25, 0.3) is 0 Å². The summed E-state index contributed by atoms with van der Waals surface area (Å²) in [4.78, 5) is 18.2. The van der Waals surface area contributed by atoms with Crippen LogP contribution in [0.3, 0.4) is 0 Å². The molecule has 1 aromatic heterocycles. The molecule has 1 aliphatic heterocycles. The van der Waals surface area contributed by atoms with E-state index in [1.54, 1.807) is 24.1 Å². The maximum atomic E-state index is 12.6. The van der Waals surface area contributed by atoms with Gasteiger partial charge in [-0.1, -0.05) is 0 Å². The normalized spacial score (nSPS) is 20.4. The molecule has 0 aromatic carbocycles. The quantitative estimate of drug-likeness (QED) is 0.719. The van der Waals surface area contributed by atoms with Gasteiger partial charge in [0.05, 0.1) is 18.1 Å². The third-order valence-electron chi connectivity index (χ3n) is 3.42. The number of sulfone groups is 1. The number of carbonyl (C=O) groups is 1. The lowest BCUT2D eigenvalue weighted by atomic mass is 10.1. The maximum absolute atomic E-state index is 12.6. The number of amides is 1. The van der Waals surface area contributed by atoms with Gasteiger partial charge in [-0.05, 0) is 34.5 Å². The predicted octanol–water partition coefficient (Wildman–Crippen LogP) is 1.12. The summed E-state index contributed by atoms with van der Waals surface area (Å²) >= 11 is 3.23. The Bertz CT molecular complexity index is 620.